The molecule has 2 fully saturated rings. The Morgan fingerprint density at radius 2 is 0.906 bits per heavy atom. The lowest BCUT2D eigenvalue weighted by atomic mass is 9.99. The molecule has 0 bridgehead atoms. The number of rotatable bonds is 25. The minimum Gasteiger partial charge on any atom is -0.495 e. The van der Waals surface area contributed by atoms with Gasteiger partial charge in [-0.2, -0.15) is 13.2 Å². The van der Waals surface area contributed by atoms with Gasteiger partial charge in [0.05, 0.1) is 82.1 Å². The molecule has 760 valence electrons. The van der Waals surface area contributed by atoms with Crippen molar-refractivity contribution in [3.05, 3.63) is 181 Å². The van der Waals surface area contributed by atoms with Gasteiger partial charge in [0.1, 0.15) is 33.6 Å². The van der Waals surface area contributed by atoms with Gasteiger partial charge in [0.15, 0.2) is 27.6 Å². The van der Waals surface area contributed by atoms with Gasteiger partial charge >= 0.3 is 24.3 Å². The number of ether oxygens (including phenoxy) is 3. The summed E-state index contributed by atoms with van der Waals surface area (Å²) in [6.45, 7) is 16.6. The van der Waals surface area contributed by atoms with Gasteiger partial charge in [-0.3, -0.25) is 19.0 Å². The molecule has 7 aromatic rings. The molecule has 138 heavy (non-hydrogen) atoms. The van der Waals surface area contributed by atoms with Gasteiger partial charge in [-0.15, -0.1) is 0 Å². The fourth-order valence-electron chi connectivity index (χ4n) is 15.6. The number of amides is 6. The number of para-hydroxylation sites is 3. The number of ketones is 2. The minimum atomic E-state index is -4.70. The molecule has 0 saturated heterocycles. The van der Waals surface area contributed by atoms with Crippen LogP contribution in [-0.4, -0.2) is 156 Å². The number of halogens is 6. The summed E-state index contributed by atoms with van der Waals surface area (Å²) in [5.74, 6) is -0.141. The first-order valence-corrected chi connectivity index (χ1v) is 55.1. The molecule has 5 aromatic carbocycles. The number of fused-ring (bicyclic) bond motifs is 2. The standard InChI is InChI=1S/C22H34N2O4S.C20H25Cl2F3N2O4S.C18H24N4O3S2.C17H24N2O4S.C16H19FN4O3S2/c1-3-18-14-12-13-17(2)21(18)23-22(26)24-29(27,28)20-16-11-9-7-5-4-6-8-10-15-19(20)25;21-14-11-13(20(23,24)25)12-15(22)18(14)26-19(29)27-32(30,31)17-10-8-6-4-2-1-3-5-7-9-16(17)28;1-11-9-19-17(20-10-11)13(3)14(4)27(23,24)22-18(26)21-16-12(2)7-6-8-15(16)25-5;1-2-23-9-10-24(21,22)19-17(20)18-16-14-7-3-5-12(14)11-13-6-4-8-15(13)16;1-10-5-4-6-13(24-3)15(10)20-16(25)21-26(22,23)11(2)7-14-18-8-12(17)9-19-14/h12-14,20H,3-11,15-16H2,1-2H3,(H2,23,24,26);11-12,17H,1-10H2,(H2,26,27,29);6-10,13-14H,1-5H3,(H2,21,22,26);11H,2-10H2,1H3,(H2,18,19,20);4-6,8-9,11H,7H2,1-3H3,(H2,20,21,25). The molecule has 32 nitrogen and oxygen atoms in total. The first-order valence-electron chi connectivity index (χ1n) is 45.7. The molecule has 0 spiro atoms. The molecular weight excluding hydrogens is 1970 g/mol. The summed E-state index contributed by atoms with van der Waals surface area (Å²) in [4.78, 5) is 78.1. The Hall–Kier alpha value is -9.60. The molecule has 2 heterocycles. The number of carbonyl (C=O) groups excluding carboxylic acids is 5. The van der Waals surface area contributed by atoms with Crippen molar-refractivity contribution in [2.75, 3.05) is 59.8 Å². The van der Waals surface area contributed by atoms with Crippen molar-refractivity contribution in [2.45, 2.75) is 275 Å². The second kappa shape index (κ2) is 55.0. The lowest BCUT2D eigenvalue weighted by molar-refractivity contribution is -0.137. The molecule has 45 heteroatoms. The number of nitrogens with one attached hydrogen (secondary N) is 10. The Labute approximate surface area is 828 Å². The average molecular weight is 2100 g/mol. The number of methoxy groups -OCH3 is 2. The molecule has 0 aliphatic heterocycles. The van der Waals surface area contributed by atoms with E-state index in [1.165, 1.54) is 42.7 Å². The highest BCUT2D eigenvalue weighted by atomic mass is 35.5. The lowest BCUT2D eigenvalue weighted by Gasteiger charge is -2.21. The summed E-state index contributed by atoms with van der Waals surface area (Å²) in [5.41, 5.74) is 10.5. The van der Waals surface area contributed by atoms with Crippen LogP contribution >= 0.6 is 47.6 Å². The van der Waals surface area contributed by atoms with Crippen molar-refractivity contribution in [1.29, 1.82) is 0 Å². The zero-order valence-corrected chi connectivity index (χ0v) is 86.5. The average Bonchev–Trinajstić information content (AvgIpc) is 1.62. The molecular formula is C93H126Cl2F4N14O18S7. The Bertz CT molecular complexity index is 5910. The number of benzene rings is 5. The molecule has 4 aliphatic carbocycles. The maximum absolute atomic E-state index is 12.9. The first kappa shape index (κ1) is 115. The highest BCUT2D eigenvalue weighted by molar-refractivity contribution is 7.93. The minimum absolute atomic E-state index is 0.0198. The van der Waals surface area contributed by atoms with E-state index in [4.69, 9.17) is 61.8 Å². The molecule has 4 aliphatic rings. The fraction of sp³-hybridized carbons (Fsp3) is 0.516. The zero-order valence-electron chi connectivity index (χ0n) is 79.3. The number of Topliss-reactive ketones (excluding diaryl/α,β-unsaturated/α-hetero) is 2. The first-order chi connectivity index (χ1) is 65.1. The quantitative estimate of drug-likeness (QED) is 0.0144. The number of carbonyl (C=O) groups is 5. The van der Waals surface area contributed by atoms with Crippen molar-refractivity contribution in [1.82, 2.24) is 43.5 Å². The summed E-state index contributed by atoms with van der Waals surface area (Å²) < 4.78 is 203. The third-order valence-electron chi connectivity index (χ3n) is 23.4. The second-order valence-electron chi connectivity index (χ2n) is 33.9. The van der Waals surface area contributed by atoms with Crippen LogP contribution in [0.5, 0.6) is 11.5 Å². The number of anilines is 5. The Kier molecular flexibility index (Phi) is 46.0. The summed E-state index contributed by atoms with van der Waals surface area (Å²) in [5, 5.41) is 7.99. The SMILES string of the molecule is CCOCCS(=O)(=O)NC(=O)Nc1c2c(cc3c1CCC3)CCC2.CCc1cccc(C)c1NC(=O)NS(=O)(=O)C1CCCCCCCCCCC1=O.COc1cccc(C)c1NC(=S)NS(=O)(=O)C(C)C(C)c1ncc(C)cn1.COc1cccc(C)c1NC(=S)NS(=O)(=O)C(C)Cc1ncc(F)cn1.O=C(Nc1c(Cl)cc(C(F)(F)F)cc1Cl)NS(=O)(=O)C1CCCCCCCCCCC1=O. The van der Waals surface area contributed by atoms with E-state index in [0.29, 0.717) is 85.2 Å². The van der Waals surface area contributed by atoms with Gasteiger partial charge in [-0.25, -0.2) is 95.0 Å². The van der Waals surface area contributed by atoms with Gasteiger partial charge < -0.3 is 40.8 Å². The number of hydrogen-bond donors (Lipinski definition) is 10. The second-order valence-corrected chi connectivity index (χ2v) is 45.2. The predicted molar refractivity (Wildman–Crippen MR) is 539 cm³/mol. The van der Waals surface area contributed by atoms with Crippen molar-refractivity contribution in [3.8, 4) is 11.5 Å². The van der Waals surface area contributed by atoms with Crippen LogP contribution in [0.4, 0.5) is 60.4 Å². The van der Waals surface area contributed by atoms with E-state index in [1.54, 1.807) is 57.1 Å². The normalized spacial score (nSPS) is 16.4. The summed E-state index contributed by atoms with van der Waals surface area (Å²) in [7, 11) is -16.6. The molecule has 10 N–H and O–H groups in total. The van der Waals surface area contributed by atoms with Crippen LogP contribution in [0.2, 0.25) is 10.0 Å². The highest BCUT2D eigenvalue weighted by Gasteiger charge is 2.38. The van der Waals surface area contributed by atoms with E-state index in [0.717, 1.165) is 155 Å². The third kappa shape index (κ3) is 36.5. The van der Waals surface area contributed by atoms with Crippen LogP contribution in [0.1, 0.15) is 249 Å². The van der Waals surface area contributed by atoms with E-state index in [2.05, 4.69) is 71.5 Å². The molecule has 5 atom stereocenters. The van der Waals surface area contributed by atoms with Crippen LogP contribution in [0.25, 0.3) is 0 Å². The van der Waals surface area contributed by atoms with Crippen LogP contribution < -0.4 is 59.7 Å². The monoisotopic (exact) mass is 2100 g/mol. The molecule has 0 radical (unpaired) electrons. The predicted octanol–water partition coefficient (Wildman–Crippen LogP) is 18.4. The van der Waals surface area contributed by atoms with Crippen molar-refractivity contribution in [3.63, 3.8) is 0 Å². The van der Waals surface area contributed by atoms with Crippen LogP contribution in [-0.2, 0) is 109 Å². The number of nitrogens with zero attached hydrogens (tertiary/aromatic N) is 4. The number of aromatic nitrogens is 4. The van der Waals surface area contributed by atoms with E-state index in [1.807, 2.05) is 77.1 Å². The number of alkyl halides is 3. The lowest BCUT2D eigenvalue weighted by Crippen LogP contribution is -2.44. The number of urea groups is 3. The van der Waals surface area contributed by atoms with Crippen molar-refractivity contribution < 1.29 is 97.8 Å². The fourth-order valence-corrected chi connectivity index (χ4v) is 22.7. The van der Waals surface area contributed by atoms with Gasteiger partial charge in [-0.1, -0.05) is 175 Å². The number of thiocarbonyl (C=S) groups is 2. The molecule has 11 rings (SSSR count). The van der Waals surface area contributed by atoms with E-state index < -0.39 is 129 Å². The van der Waals surface area contributed by atoms with Gasteiger partial charge in [-0.05, 0) is 218 Å². The topological polar surface area (TPSA) is 456 Å². The smallest absolute Gasteiger partial charge is 0.416 e. The third-order valence-corrected chi connectivity index (χ3v) is 32.9. The van der Waals surface area contributed by atoms with Gasteiger partial charge in [0, 0.05) is 55.6 Å². The zero-order chi connectivity index (χ0) is 102. The number of sulfonamides is 5. The number of hydrogen-bond acceptors (Lipinski definition) is 24. The Morgan fingerprint density at radius 3 is 1.35 bits per heavy atom. The van der Waals surface area contributed by atoms with Gasteiger partial charge in [0.25, 0.3) is 0 Å². The maximum Gasteiger partial charge on any atom is 0.416 e. The molecule has 2 aromatic heterocycles. The summed E-state index contributed by atoms with van der Waals surface area (Å²) in [6, 6.07) is 17.2. The highest BCUT2D eigenvalue weighted by Crippen LogP contribution is 2.41. The van der Waals surface area contributed by atoms with E-state index in [-0.39, 0.29) is 72.0 Å². The molecule has 6 amide bonds. The molecule has 5 unspecified atom stereocenters. The number of aryl methyl sites for hydroxylation is 7. The maximum atomic E-state index is 12.9. The van der Waals surface area contributed by atoms with Crippen molar-refractivity contribution in [2.24, 2.45) is 0 Å². The van der Waals surface area contributed by atoms with Crippen LogP contribution in [0.15, 0.2) is 97.6 Å². The molecule has 2 saturated carbocycles. The Balaban J connectivity index is 0.000000235. The van der Waals surface area contributed by atoms with Gasteiger partial charge in [0.2, 0.25) is 50.1 Å². The Morgan fingerprint density at radius 1 is 0.493 bits per heavy atom. The largest absolute Gasteiger partial charge is 0.495 e. The van der Waals surface area contributed by atoms with Crippen molar-refractivity contribution >= 4 is 166 Å². The van der Waals surface area contributed by atoms with Crippen LogP contribution in [0.3, 0.4) is 0 Å². The van der Waals surface area contributed by atoms with Crippen LogP contribution in [0, 0.1) is 33.5 Å². The summed E-state index contributed by atoms with van der Waals surface area (Å²) >= 11 is 21.9. The summed E-state index contributed by atoms with van der Waals surface area (Å²) in [6.07, 6.45) is 22.7. The van der Waals surface area contributed by atoms with E-state index in [9.17, 15) is 83.6 Å². The van der Waals surface area contributed by atoms with E-state index >= 15 is 0 Å².